The Kier molecular flexibility index (Phi) is 3.64. The summed E-state index contributed by atoms with van der Waals surface area (Å²) in [4.78, 5) is 15.5. The van der Waals surface area contributed by atoms with Crippen molar-refractivity contribution in [1.29, 1.82) is 0 Å². The van der Waals surface area contributed by atoms with Crippen LogP contribution in [0, 0.1) is 0 Å². The largest absolute Gasteiger partial charge is 0.508 e. The third-order valence-electron chi connectivity index (χ3n) is 2.11. The summed E-state index contributed by atoms with van der Waals surface area (Å²) >= 11 is 5.80. The fraction of sp³-hybridized carbons (Fsp3) is 0. The lowest BCUT2D eigenvalue weighted by Crippen LogP contribution is -2.19. The minimum Gasteiger partial charge on any atom is -0.508 e. The van der Waals surface area contributed by atoms with Crippen LogP contribution in [0.2, 0.25) is 5.15 Å². The highest BCUT2D eigenvalue weighted by molar-refractivity contribution is 6.32. The molecule has 2 rings (SSSR count). The summed E-state index contributed by atoms with van der Waals surface area (Å²) in [5, 5.41) is 14.6. The third kappa shape index (κ3) is 3.11. The smallest absolute Gasteiger partial charge is 0.323 e. The van der Waals surface area contributed by atoms with Gasteiger partial charge in [0.1, 0.15) is 5.75 Å². The van der Waals surface area contributed by atoms with E-state index < -0.39 is 6.03 Å². The molecule has 0 spiro atoms. The van der Waals surface area contributed by atoms with E-state index >= 15 is 0 Å². The van der Waals surface area contributed by atoms with Crippen LogP contribution in [0.15, 0.2) is 42.6 Å². The number of urea groups is 1. The van der Waals surface area contributed by atoms with Crippen molar-refractivity contribution in [2.45, 2.75) is 0 Å². The fourth-order valence-corrected chi connectivity index (χ4v) is 1.51. The first-order valence-corrected chi connectivity index (χ1v) is 5.50. The average Bonchev–Trinajstić information content (AvgIpc) is 2.32. The molecule has 0 fully saturated rings. The summed E-state index contributed by atoms with van der Waals surface area (Å²) in [5.74, 6) is 0.0761. The van der Waals surface area contributed by atoms with E-state index in [1.807, 2.05) is 0 Å². The van der Waals surface area contributed by atoms with Crippen molar-refractivity contribution in [2.24, 2.45) is 0 Å². The molecule has 3 N–H and O–H groups in total. The first-order valence-electron chi connectivity index (χ1n) is 5.13. The van der Waals surface area contributed by atoms with Crippen LogP contribution in [-0.4, -0.2) is 16.1 Å². The fourth-order valence-electron chi connectivity index (χ4n) is 1.35. The van der Waals surface area contributed by atoms with E-state index in [0.717, 1.165) is 0 Å². The molecular weight excluding hydrogens is 254 g/mol. The topological polar surface area (TPSA) is 74.2 Å². The number of pyridine rings is 1. The van der Waals surface area contributed by atoms with Crippen molar-refractivity contribution in [3.63, 3.8) is 0 Å². The van der Waals surface area contributed by atoms with Crippen LogP contribution in [0.25, 0.3) is 0 Å². The molecule has 2 aromatic rings. The van der Waals surface area contributed by atoms with Gasteiger partial charge in [-0.05, 0) is 24.3 Å². The molecule has 1 aromatic carbocycles. The maximum absolute atomic E-state index is 11.7. The van der Waals surface area contributed by atoms with Crippen LogP contribution in [0.3, 0.4) is 0 Å². The van der Waals surface area contributed by atoms with Gasteiger partial charge < -0.3 is 15.7 Å². The third-order valence-corrected chi connectivity index (χ3v) is 2.41. The average molecular weight is 264 g/mol. The summed E-state index contributed by atoms with van der Waals surface area (Å²) < 4.78 is 0. The molecule has 0 bridgehead atoms. The van der Waals surface area contributed by atoms with Gasteiger partial charge in [-0.1, -0.05) is 17.7 Å². The van der Waals surface area contributed by atoms with E-state index in [1.165, 1.54) is 18.3 Å². The molecule has 92 valence electrons. The van der Waals surface area contributed by atoms with Gasteiger partial charge in [0.15, 0.2) is 5.15 Å². The molecule has 0 saturated carbocycles. The molecule has 18 heavy (non-hydrogen) atoms. The van der Waals surface area contributed by atoms with Crippen LogP contribution in [0.1, 0.15) is 0 Å². The number of hydrogen-bond donors (Lipinski definition) is 3. The zero-order chi connectivity index (χ0) is 13.0. The van der Waals surface area contributed by atoms with E-state index in [0.29, 0.717) is 11.4 Å². The molecule has 0 aliphatic carbocycles. The first kappa shape index (κ1) is 12.2. The number of nitrogens with zero attached hydrogens (tertiary/aromatic N) is 1. The van der Waals surface area contributed by atoms with Crippen molar-refractivity contribution in [2.75, 3.05) is 10.6 Å². The number of hydrogen-bond acceptors (Lipinski definition) is 3. The van der Waals surface area contributed by atoms with E-state index in [2.05, 4.69) is 15.6 Å². The summed E-state index contributed by atoms with van der Waals surface area (Å²) in [5.41, 5.74) is 0.893. The van der Waals surface area contributed by atoms with Gasteiger partial charge in [0.05, 0.1) is 5.69 Å². The van der Waals surface area contributed by atoms with Crippen molar-refractivity contribution in [1.82, 2.24) is 4.98 Å². The molecule has 0 aliphatic rings. The number of phenols is 1. The van der Waals surface area contributed by atoms with Crippen LogP contribution in [-0.2, 0) is 0 Å². The highest BCUT2D eigenvalue weighted by Gasteiger charge is 2.06. The lowest BCUT2D eigenvalue weighted by molar-refractivity contribution is 0.262. The summed E-state index contributed by atoms with van der Waals surface area (Å²) in [6, 6.07) is 9.07. The molecule has 0 unspecified atom stereocenters. The minimum absolute atomic E-state index is 0.0761. The van der Waals surface area contributed by atoms with Crippen LogP contribution in [0.4, 0.5) is 16.2 Å². The van der Waals surface area contributed by atoms with Gasteiger partial charge >= 0.3 is 6.03 Å². The van der Waals surface area contributed by atoms with Crippen LogP contribution < -0.4 is 10.6 Å². The quantitative estimate of drug-likeness (QED) is 0.729. The highest BCUT2D eigenvalue weighted by atomic mass is 35.5. The lowest BCUT2D eigenvalue weighted by Gasteiger charge is -2.08. The second-order valence-electron chi connectivity index (χ2n) is 3.47. The van der Waals surface area contributed by atoms with E-state index in [1.54, 1.807) is 24.3 Å². The number of amides is 2. The molecule has 6 heteroatoms. The Morgan fingerprint density at radius 1 is 1.22 bits per heavy atom. The predicted octanol–water partition coefficient (Wildman–Crippen LogP) is 3.08. The SMILES string of the molecule is O=C(Nc1cccc(O)c1)Nc1cccnc1Cl. The Morgan fingerprint density at radius 2 is 2.06 bits per heavy atom. The second kappa shape index (κ2) is 5.37. The van der Waals surface area contributed by atoms with Crippen LogP contribution >= 0.6 is 11.6 Å². The van der Waals surface area contributed by atoms with Gasteiger partial charge in [0.25, 0.3) is 0 Å². The van der Waals surface area contributed by atoms with Gasteiger partial charge in [-0.25, -0.2) is 9.78 Å². The Bertz CT molecular complexity index is 575. The summed E-state index contributed by atoms with van der Waals surface area (Å²) in [6.45, 7) is 0. The predicted molar refractivity (Wildman–Crippen MR) is 70.0 cm³/mol. The number of rotatable bonds is 2. The summed E-state index contributed by atoms with van der Waals surface area (Å²) in [7, 11) is 0. The Balaban J connectivity index is 2.03. The standard InChI is InChI=1S/C12H10ClN3O2/c13-11-10(5-2-6-14-11)16-12(18)15-8-3-1-4-9(17)7-8/h1-7,17H,(H2,15,16,18). The maximum Gasteiger partial charge on any atom is 0.323 e. The summed E-state index contributed by atoms with van der Waals surface area (Å²) in [6.07, 6.45) is 1.53. The van der Waals surface area contributed by atoms with Gasteiger partial charge in [0, 0.05) is 18.0 Å². The van der Waals surface area contributed by atoms with Crippen LogP contribution in [0.5, 0.6) is 5.75 Å². The van der Waals surface area contributed by atoms with Crippen molar-refractivity contribution in [3.05, 3.63) is 47.7 Å². The number of aromatic nitrogens is 1. The monoisotopic (exact) mass is 263 g/mol. The minimum atomic E-state index is -0.463. The number of aromatic hydroxyl groups is 1. The zero-order valence-corrected chi connectivity index (χ0v) is 9.98. The molecule has 1 aromatic heterocycles. The Morgan fingerprint density at radius 3 is 2.78 bits per heavy atom. The molecule has 1 heterocycles. The van der Waals surface area contributed by atoms with Crippen molar-refractivity contribution < 1.29 is 9.90 Å². The number of benzene rings is 1. The Labute approximate surface area is 108 Å². The van der Waals surface area contributed by atoms with Gasteiger partial charge in [-0.3, -0.25) is 0 Å². The molecular formula is C12H10ClN3O2. The number of phenolic OH excluding ortho intramolecular Hbond substituents is 1. The maximum atomic E-state index is 11.7. The molecule has 2 amide bonds. The zero-order valence-electron chi connectivity index (χ0n) is 9.22. The van der Waals surface area contributed by atoms with E-state index in [9.17, 15) is 9.90 Å². The number of carbonyl (C=O) groups is 1. The molecule has 0 radical (unpaired) electrons. The van der Waals surface area contributed by atoms with Crippen molar-refractivity contribution >= 4 is 29.0 Å². The number of anilines is 2. The number of nitrogens with one attached hydrogen (secondary N) is 2. The van der Waals surface area contributed by atoms with E-state index in [4.69, 9.17) is 11.6 Å². The number of carbonyl (C=O) groups excluding carboxylic acids is 1. The van der Waals surface area contributed by atoms with Crippen molar-refractivity contribution in [3.8, 4) is 5.75 Å². The molecule has 0 aliphatic heterocycles. The molecule has 5 nitrogen and oxygen atoms in total. The Hall–Kier alpha value is -2.27. The number of halogens is 1. The normalized spacial score (nSPS) is 9.83. The molecule has 0 saturated heterocycles. The van der Waals surface area contributed by atoms with Gasteiger partial charge in [-0.15, -0.1) is 0 Å². The second-order valence-corrected chi connectivity index (χ2v) is 3.83. The van der Waals surface area contributed by atoms with E-state index in [-0.39, 0.29) is 10.9 Å². The lowest BCUT2D eigenvalue weighted by atomic mass is 10.3. The highest BCUT2D eigenvalue weighted by Crippen LogP contribution is 2.19. The first-order chi connectivity index (χ1) is 8.65. The van der Waals surface area contributed by atoms with Gasteiger partial charge in [0.2, 0.25) is 0 Å². The molecule has 0 atom stereocenters. The van der Waals surface area contributed by atoms with Gasteiger partial charge in [-0.2, -0.15) is 0 Å².